The molecule has 112 valence electrons. The first-order valence-corrected chi connectivity index (χ1v) is 6.34. The monoisotopic (exact) mass is 292 g/mol. The molecule has 0 fully saturated rings. The molecule has 6 nitrogen and oxygen atoms in total. The van der Waals surface area contributed by atoms with E-state index >= 15 is 0 Å². The number of carboxylic acid groups (broad SMARTS) is 1. The summed E-state index contributed by atoms with van der Waals surface area (Å²) in [7, 11) is 1.58. The largest absolute Gasteiger partial charge is 0.511 e. The molecule has 0 saturated heterocycles. The molecular weight excluding hydrogens is 276 g/mol. The van der Waals surface area contributed by atoms with E-state index in [9.17, 15) is 4.79 Å². The fraction of sp³-hybridized carbons (Fsp3) is 0.267. The zero-order valence-electron chi connectivity index (χ0n) is 11.6. The van der Waals surface area contributed by atoms with Crippen molar-refractivity contribution in [1.82, 2.24) is 0 Å². The summed E-state index contributed by atoms with van der Waals surface area (Å²) < 4.78 is 20.4. The molecule has 0 aromatic heterocycles. The van der Waals surface area contributed by atoms with E-state index in [0.29, 0.717) is 19.0 Å². The molecule has 0 amide bonds. The van der Waals surface area contributed by atoms with Gasteiger partial charge in [0.25, 0.3) is 0 Å². The van der Waals surface area contributed by atoms with Crippen LogP contribution in [0.4, 0.5) is 4.79 Å². The predicted octanol–water partition coefficient (Wildman–Crippen LogP) is 2.90. The molecule has 0 aliphatic heterocycles. The lowest BCUT2D eigenvalue weighted by atomic mass is 10.1. The number of benzene rings is 2. The summed E-state index contributed by atoms with van der Waals surface area (Å²) in [4.78, 5) is 10.7. The molecule has 0 aliphatic carbocycles. The number of fused-ring (bicyclic) bond motifs is 1. The minimum Gasteiger partial charge on any atom is -0.463 e. The Hall–Kier alpha value is -2.31. The number of hydrogen-bond donors (Lipinski definition) is 1. The fourth-order valence-corrected chi connectivity index (χ4v) is 1.85. The highest BCUT2D eigenvalue weighted by molar-refractivity contribution is 5.91. The highest BCUT2D eigenvalue weighted by Gasteiger charge is 2.13. The van der Waals surface area contributed by atoms with Gasteiger partial charge in [-0.15, -0.1) is 0 Å². The van der Waals surface area contributed by atoms with Crippen LogP contribution in [0.2, 0.25) is 0 Å². The first-order valence-electron chi connectivity index (χ1n) is 6.34. The van der Waals surface area contributed by atoms with E-state index in [1.807, 2.05) is 24.3 Å². The molecule has 0 saturated carbocycles. The van der Waals surface area contributed by atoms with Crippen LogP contribution in [0.5, 0.6) is 11.5 Å². The van der Waals surface area contributed by atoms with E-state index in [-0.39, 0.29) is 12.5 Å². The topological polar surface area (TPSA) is 74.2 Å². The van der Waals surface area contributed by atoms with Crippen LogP contribution in [0.25, 0.3) is 10.8 Å². The summed E-state index contributed by atoms with van der Waals surface area (Å²) >= 11 is 0. The third kappa shape index (κ3) is 4.08. The lowest BCUT2D eigenvalue weighted by Gasteiger charge is -2.13. The van der Waals surface area contributed by atoms with E-state index in [1.165, 1.54) is 0 Å². The Bertz CT molecular complexity index is 610. The molecule has 21 heavy (non-hydrogen) atoms. The van der Waals surface area contributed by atoms with Gasteiger partial charge < -0.3 is 24.1 Å². The second kappa shape index (κ2) is 7.47. The molecule has 2 aromatic carbocycles. The lowest BCUT2D eigenvalue weighted by molar-refractivity contribution is -0.00885. The van der Waals surface area contributed by atoms with Crippen molar-refractivity contribution in [3.63, 3.8) is 0 Å². The maximum absolute atomic E-state index is 10.7. The highest BCUT2D eigenvalue weighted by atomic mass is 16.7. The molecular formula is C15H16O6. The molecule has 0 aliphatic rings. The summed E-state index contributed by atoms with van der Waals surface area (Å²) in [5.74, 6) is 0.476. The van der Waals surface area contributed by atoms with Crippen molar-refractivity contribution in [3.8, 4) is 11.5 Å². The van der Waals surface area contributed by atoms with Crippen molar-refractivity contribution in [2.24, 2.45) is 0 Å². The van der Waals surface area contributed by atoms with Crippen LogP contribution < -0.4 is 9.47 Å². The molecule has 0 atom stereocenters. The minimum absolute atomic E-state index is 0.0205. The Morgan fingerprint density at radius 2 is 1.95 bits per heavy atom. The summed E-state index contributed by atoms with van der Waals surface area (Å²) in [6.07, 6.45) is -1.39. The molecule has 6 heteroatoms. The number of methoxy groups -OCH3 is 1. The number of ether oxygens (including phenoxy) is 4. The van der Waals surface area contributed by atoms with Crippen molar-refractivity contribution in [2.75, 3.05) is 27.1 Å². The van der Waals surface area contributed by atoms with Gasteiger partial charge in [0.15, 0.2) is 18.3 Å². The van der Waals surface area contributed by atoms with Gasteiger partial charge in [0.1, 0.15) is 0 Å². The Morgan fingerprint density at radius 1 is 1.14 bits per heavy atom. The number of rotatable bonds is 7. The van der Waals surface area contributed by atoms with Crippen LogP contribution >= 0.6 is 0 Å². The van der Waals surface area contributed by atoms with Crippen LogP contribution in [0, 0.1) is 0 Å². The van der Waals surface area contributed by atoms with Crippen LogP contribution in [-0.2, 0) is 9.47 Å². The summed E-state index contributed by atoms with van der Waals surface area (Å²) in [5.41, 5.74) is 0. The zero-order chi connectivity index (χ0) is 15.1. The smallest absolute Gasteiger partial charge is 0.463 e. The van der Waals surface area contributed by atoms with Crippen LogP contribution in [0.3, 0.4) is 0 Å². The molecule has 1 N–H and O–H groups in total. The van der Waals surface area contributed by atoms with Gasteiger partial charge in [-0.25, -0.2) is 4.79 Å². The van der Waals surface area contributed by atoms with Gasteiger partial charge in [-0.1, -0.05) is 30.3 Å². The molecule has 0 bridgehead atoms. The van der Waals surface area contributed by atoms with E-state index in [2.05, 4.69) is 0 Å². The molecule has 2 aromatic rings. The Morgan fingerprint density at radius 3 is 2.71 bits per heavy atom. The second-order valence-electron chi connectivity index (χ2n) is 4.15. The molecule has 2 rings (SSSR count). The van der Waals surface area contributed by atoms with E-state index in [4.69, 9.17) is 24.1 Å². The molecule has 0 heterocycles. The zero-order valence-corrected chi connectivity index (χ0v) is 11.6. The maximum Gasteiger partial charge on any atom is 0.511 e. The molecule has 0 unspecified atom stereocenters. The standard InChI is InChI=1S/C15H16O6/c1-18-8-9-19-10-20-14-12-5-3-2-4-11(12)6-7-13(14)21-15(16)17/h2-7H,8-10H2,1H3,(H,16,17). The third-order valence-corrected chi connectivity index (χ3v) is 2.76. The SMILES string of the molecule is COCCOCOc1c(OC(=O)O)ccc2ccccc12. The highest BCUT2D eigenvalue weighted by Crippen LogP contribution is 2.35. The summed E-state index contributed by atoms with van der Waals surface area (Å²) in [6.45, 7) is 0.821. The van der Waals surface area contributed by atoms with Crippen molar-refractivity contribution < 1.29 is 28.8 Å². The quantitative estimate of drug-likeness (QED) is 0.366. The van der Waals surface area contributed by atoms with E-state index in [1.54, 1.807) is 19.2 Å². The van der Waals surface area contributed by atoms with Gasteiger partial charge in [-0.3, -0.25) is 0 Å². The van der Waals surface area contributed by atoms with Crippen LogP contribution in [-0.4, -0.2) is 38.4 Å². The molecule has 0 radical (unpaired) electrons. The van der Waals surface area contributed by atoms with Crippen LogP contribution in [0.15, 0.2) is 36.4 Å². The van der Waals surface area contributed by atoms with Crippen molar-refractivity contribution in [1.29, 1.82) is 0 Å². The van der Waals surface area contributed by atoms with Gasteiger partial charge in [0, 0.05) is 12.5 Å². The third-order valence-electron chi connectivity index (χ3n) is 2.76. The summed E-state index contributed by atoms with van der Waals surface area (Å²) in [5, 5.41) is 10.5. The van der Waals surface area contributed by atoms with E-state index < -0.39 is 6.16 Å². The minimum atomic E-state index is -1.39. The predicted molar refractivity (Wildman–Crippen MR) is 75.9 cm³/mol. The van der Waals surface area contributed by atoms with E-state index in [0.717, 1.165) is 10.8 Å². The molecule has 0 spiro atoms. The van der Waals surface area contributed by atoms with Crippen molar-refractivity contribution in [3.05, 3.63) is 36.4 Å². The Labute approximate surface area is 121 Å². The normalized spacial score (nSPS) is 10.5. The van der Waals surface area contributed by atoms with Gasteiger partial charge in [-0.2, -0.15) is 0 Å². The van der Waals surface area contributed by atoms with Gasteiger partial charge in [0.05, 0.1) is 13.2 Å². The van der Waals surface area contributed by atoms with Gasteiger partial charge >= 0.3 is 6.16 Å². The summed E-state index contributed by atoms with van der Waals surface area (Å²) in [6, 6.07) is 10.8. The average molecular weight is 292 g/mol. The average Bonchev–Trinajstić information content (AvgIpc) is 2.48. The maximum atomic E-state index is 10.7. The lowest BCUT2D eigenvalue weighted by Crippen LogP contribution is -2.10. The van der Waals surface area contributed by atoms with Gasteiger partial charge in [0.2, 0.25) is 0 Å². The first kappa shape index (κ1) is 15.1. The second-order valence-corrected chi connectivity index (χ2v) is 4.15. The Kier molecular flexibility index (Phi) is 5.36. The number of hydrogen-bond acceptors (Lipinski definition) is 5. The Balaban J connectivity index is 2.21. The number of carbonyl (C=O) groups is 1. The fourth-order valence-electron chi connectivity index (χ4n) is 1.85. The first-order chi connectivity index (χ1) is 10.2. The van der Waals surface area contributed by atoms with Gasteiger partial charge in [-0.05, 0) is 11.5 Å². The van der Waals surface area contributed by atoms with Crippen molar-refractivity contribution >= 4 is 16.9 Å². The van der Waals surface area contributed by atoms with Crippen LogP contribution in [0.1, 0.15) is 0 Å². The van der Waals surface area contributed by atoms with Crippen molar-refractivity contribution in [2.45, 2.75) is 0 Å².